The Morgan fingerprint density at radius 2 is 2.04 bits per heavy atom. The van der Waals surface area contributed by atoms with Crippen LogP contribution < -0.4 is 0 Å². The lowest BCUT2D eigenvalue weighted by Gasteiger charge is -2.39. The van der Waals surface area contributed by atoms with Crippen LogP contribution in [0.1, 0.15) is 42.5 Å². The van der Waals surface area contributed by atoms with Crippen LogP contribution in [0.15, 0.2) is 30.7 Å². The van der Waals surface area contributed by atoms with Crippen LogP contribution >= 0.6 is 0 Å². The molecule has 1 aliphatic carbocycles. The first kappa shape index (κ1) is 14.7. The van der Waals surface area contributed by atoms with E-state index in [1.54, 1.807) is 6.20 Å². The van der Waals surface area contributed by atoms with Gasteiger partial charge in [0.15, 0.2) is 0 Å². The van der Waals surface area contributed by atoms with Gasteiger partial charge in [-0.05, 0) is 24.5 Å². The van der Waals surface area contributed by atoms with Crippen molar-refractivity contribution in [2.24, 2.45) is 11.8 Å². The number of aliphatic hydroxyl groups is 1. The van der Waals surface area contributed by atoms with Gasteiger partial charge in [-0.15, -0.1) is 0 Å². The van der Waals surface area contributed by atoms with E-state index in [0.717, 1.165) is 5.65 Å². The lowest BCUT2D eigenvalue weighted by atomic mass is 9.82. The third kappa shape index (κ3) is 2.74. The molecule has 1 amide bonds. The second-order valence-corrected chi connectivity index (χ2v) is 6.93. The highest BCUT2D eigenvalue weighted by Gasteiger charge is 2.36. The SMILES string of the molecule is O=C(c1ccc2nccn2c1)N1CC[C@@H](O)[C@H](C2CCCC2)C1. The van der Waals surface area contributed by atoms with Gasteiger partial charge in [-0.3, -0.25) is 4.79 Å². The van der Waals surface area contributed by atoms with Gasteiger partial charge in [0.2, 0.25) is 0 Å². The van der Waals surface area contributed by atoms with E-state index in [0.29, 0.717) is 31.0 Å². The molecule has 122 valence electrons. The molecule has 0 unspecified atom stereocenters. The van der Waals surface area contributed by atoms with Crippen LogP contribution in [-0.2, 0) is 0 Å². The number of rotatable bonds is 2. The van der Waals surface area contributed by atoms with Gasteiger partial charge in [-0.1, -0.05) is 25.7 Å². The van der Waals surface area contributed by atoms with Gasteiger partial charge in [0, 0.05) is 37.6 Å². The van der Waals surface area contributed by atoms with Crippen LogP contribution in [0.5, 0.6) is 0 Å². The average Bonchev–Trinajstić information content (AvgIpc) is 3.25. The molecule has 0 aromatic carbocycles. The summed E-state index contributed by atoms with van der Waals surface area (Å²) in [6, 6.07) is 3.72. The molecule has 23 heavy (non-hydrogen) atoms. The van der Waals surface area contributed by atoms with Crippen LogP contribution in [0, 0.1) is 11.8 Å². The van der Waals surface area contributed by atoms with Gasteiger partial charge in [0.1, 0.15) is 5.65 Å². The number of imidazole rings is 1. The number of aromatic nitrogens is 2. The molecule has 4 rings (SSSR count). The van der Waals surface area contributed by atoms with Crippen molar-refractivity contribution >= 4 is 11.6 Å². The summed E-state index contributed by atoms with van der Waals surface area (Å²) in [5.41, 5.74) is 1.54. The second-order valence-electron chi connectivity index (χ2n) is 6.93. The molecule has 1 N–H and O–H groups in total. The van der Waals surface area contributed by atoms with Gasteiger partial charge in [-0.2, -0.15) is 0 Å². The molecule has 5 heteroatoms. The van der Waals surface area contributed by atoms with Crippen LogP contribution in [0.25, 0.3) is 5.65 Å². The van der Waals surface area contributed by atoms with E-state index >= 15 is 0 Å². The van der Waals surface area contributed by atoms with Crippen molar-refractivity contribution in [2.45, 2.75) is 38.2 Å². The maximum absolute atomic E-state index is 12.8. The Balaban J connectivity index is 1.53. The Bertz CT molecular complexity index is 705. The first-order valence-corrected chi connectivity index (χ1v) is 8.62. The molecule has 2 fully saturated rings. The third-order valence-corrected chi connectivity index (χ3v) is 5.55. The zero-order chi connectivity index (χ0) is 15.8. The Kier molecular flexibility index (Phi) is 3.81. The fraction of sp³-hybridized carbons (Fsp3) is 0.556. The molecule has 2 aromatic rings. The van der Waals surface area contributed by atoms with Gasteiger partial charge in [0.05, 0.1) is 11.7 Å². The van der Waals surface area contributed by atoms with E-state index in [1.807, 2.05) is 33.8 Å². The summed E-state index contributed by atoms with van der Waals surface area (Å²) in [7, 11) is 0. The number of nitrogens with zero attached hydrogens (tertiary/aromatic N) is 3. The number of fused-ring (bicyclic) bond motifs is 1. The molecule has 1 saturated heterocycles. The minimum Gasteiger partial charge on any atom is -0.393 e. The van der Waals surface area contributed by atoms with E-state index < -0.39 is 0 Å². The molecule has 2 atom stereocenters. The monoisotopic (exact) mass is 313 g/mol. The van der Waals surface area contributed by atoms with Crippen LogP contribution in [-0.4, -0.2) is 44.5 Å². The second kappa shape index (κ2) is 5.96. The smallest absolute Gasteiger partial charge is 0.255 e. The van der Waals surface area contributed by atoms with Crippen molar-refractivity contribution < 1.29 is 9.90 Å². The summed E-state index contributed by atoms with van der Waals surface area (Å²) in [5.74, 6) is 0.888. The summed E-state index contributed by atoms with van der Waals surface area (Å²) in [4.78, 5) is 19.0. The number of pyridine rings is 1. The summed E-state index contributed by atoms with van der Waals surface area (Å²) in [5, 5.41) is 10.4. The minimum atomic E-state index is -0.252. The Labute approximate surface area is 135 Å². The number of hydrogen-bond acceptors (Lipinski definition) is 3. The Morgan fingerprint density at radius 3 is 2.87 bits per heavy atom. The van der Waals surface area contributed by atoms with Crippen molar-refractivity contribution in [3.63, 3.8) is 0 Å². The average molecular weight is 313 g/mol. The highest BCUT2D eigenvalue weighted by molar-refractivity contribution is 5.94. The van der Waals surface area contributed by atoms with E-state index in [-0.39, 0.29) is 17.9 Å². The van der Waals surface area contributed by atoms with Crippen molar-refractivity contribution in [1.29, 1.82) is 0 Å². The summed E-state index contributed by atoms with van der Waals surface area (Å²) in [6.07, 6.45) is 10.8. The molecule has 3 heterocycles. The summed E-state index contributed by atoms with van der Waals surface area (Å²) < 4.78 is 1.88. The lowest BCUT2D eigenvalue weighted by molar-refractivity contribution is 0.00301. The molecular weight excluding hydrogens is 290 g/mol. The van der Waals surface area contributed by atoms with Gasteiger partial charge in [0.25, 0.3) is 5.91 Å². The molecule has 1 aliphatic heterocycles. The van der Waals surface area contributed by atoms with E-state index in [9.17, 15) is 9.90 Å². The van der Waals surface area contributed by atoms with Gasteiger partial charge >= 0.3 is 0 Å². The standard InChI is InChI=1S/C18H23N3O2/c22-16-7-9-21(12-15(16)13-3-1-2-4-13)18(23)14-5-6-17-19-8-10-20(17)11-14/h5-6,8,10-11,13,15-16,22H,1-4,7,9,12H2/t15-,16+/m0/s1. The van der Waals surface area contributed by atoms with E-state index in [2.05, 4.69) is 4.98 Å². The van der Waals surface area contributed by atoms with Crippen LogP contribution in [0.3, 0.4) is 0 Å². The number of carbonyl (C=O) groups is 1. The predicted octanol–water partition coefficient (Wildman–Crippen LogP) is 2.35. The number of amides is 1. The molecular formula is C18H23N3O2. The van der Waals surface area contributed by atoms with Crippen molar-refractivity contribution in [2.75, 3.05) is 13.1 Å². The summed E-state index contributed by atoms with van der Waals surface area (Å²) in [6.45, 7) is 1.33. The zero-order valence-electron chi connectivity index (χ0n) is 13.3. The van der Waals surface area contributed by atoms with E-state index in [1.165, 1.54) is 25.7 Å². The largest absolute Gasteiger partial charge is 0.393 e. The van der Waals surface area contributed by atoms with E-state index in [4.69, 9.17) is 0 Å². The molecule has 1 saturated carbocycles. The maximum Gasteiger partial charge on any atom is 0.255 e. The lowest BCUT2D eigenvalue weighted by Crippen LogP contribution is -2.48. The maximum atomic E-state index is 12.8. The fourth-order valence-corrected chi connectivity index (χ4v) is 4.23. The van der Waals surface area contributed by atoms with Crippen LogP contribution in [0.4, 0.5) is 0 Å². The predicted molar refractivity (Wildman–Crippen MR) is 87.2 cm³/mol. The quantitative estimate of drug-likeness (QED) is 0.926. The van der Waals surface area contributed by atoms with Crippen molar-refractivity contribution in [1.82, 2.24) is 14.3 Å². The minimum absolute atomic E-state index is 0.0653. The molecule has 2 aliphatic rings. The van der Waals surface area contributed by atoms with Gasteiger partial charge < -0.3 is 14.4 Å². The highest BCUT2D eigenvalue weighted by Crippen LogP contribution is 2.36. The Morgan fingerprint density at radius 1 is 1.22 bits per heavy atom. The normalized spacial score (nSPS) is 26.0. The highest BCUT2D eigenvalue weighted by atomic mass is 16.3. The molecule has 0 bridgehead atoms. The molecule has 0 radical (unpaired) electrons. The van der Waals surface area contributed by atoms with Gasteiger partial charge in [-0.25, -0.2) is 4.98 Å². The Hall–Kier alpha value is -1.88. The number of hydrogen-bond donors (Lipinski definition) is 1. The summed E-state index contributed by atoms with van der Waals surface area (Å²) >= 11 is 0. The first-order chi connectivity index (χ1) is 11.2. The van der Waals surface area contributed by atoms with Crippen molar-refractivity contribution in [3.05, 3.63) is 36.3 Å². The first-order valence-electron chi connectivity index (χ1n) is 8.62. The fourth-order valence-electron chi connectivity index (χ4n) is 4.23. The topological polar surface area (TPSA) is 57.8 Å². The third-order valence-electron chi connectivity index (χ3n) is 5.55. The molecule has 5 nitrogen and oxygen atoms in total. The molecule has 0 spiro atoms. The number of piperidine rings is 1. The van der Waals surface area contributed by atoms with Crippen LogP contribution in [0.2, 0.25) is 0 Å². The number of likely N-dealkylation sites (tertiary alicyclic amines) is 1. The molecule has 2 aromatic heterocycles. The number of carbonyl (C=O) groups excluding carboxylic acids is 1. The van der Waals surface area contributed by atoms with Crippen molar-refractivity contribution in [3.8, 4) is 0 Å². The number of aliphatic hydroxyl groups excluding tert-OH is 1. The zero-order valence-corrected chi connectivity index (χ0v) is 13.3.